The second-order valence-electron chi connectivity index (χ2n) is 5.97. The fourth-order valence-corrected chi connectivity index (χ4v) is 2.95. The van der Waals surface area contributed by atoms with Crippen LogP contribution in [0.4, 0.5) is 0 Å². The Hall–Kier alpha value is -2.82. The molecule has 0 aromatic heterocycles. The lowest BCUT2D eigenvalue weighted by Crippen LogP contribution is -2.42. The third-order valence-electron chi connectivity index (χ3n) is 4.20. The average Bonchev–Trinajstić information content (AvgIpc) is 2.58. The van der Waals surface area contributed by atoms with Crippen LogP contribution in [0, 0.1) is 6.92 Å². The maximum absolute atomic E-state index is 12.4. The molecule has 2 aromatic carbocycles. The summed E-state index contributed by atoms with van der Waals surface area (Å²) >= 11 is 0. The molecule has 0 saturated carbocycles. The van der Waals surface area contributed by atoms with Crippen molar-refractivity contribution in [2.45, 2.75) is 19.4 Å². The summed E-state index contributed by atoms with van der Waals surface area (Å²) in [5.74, 6) is -1.19. The van der Waals surface area contributed by atoms with Crippen molar-refractivity contribution in [3.05, 3.63) is 65.2 Å². The zero-order valence-electron chi connectivity index (χ0n) is 13.4. The average molecular weight is 325 g/mol. The molecule has 1 atom stereocenters. The van der Waals surface area contributed by atoms with Crippen LogP contribution in [0.5, 0.6) is 5.75 Å². The molecule has 1 heterocycles. The maximum atomic E-state index is 12.4. The number of hydrogen-bond donors (Lipinski definition) is 1. The van der Waals surface area contributed by atoms with Crippen LogP contribution in [0.15, 0.2) is 48.5 Å². The standard InChI is InChI=1S/C19H19NO4/c1-13-5-4-7-15(9-13)24-12-18(21)20-10-14-6-2-3-8-16(14)17(11-20)19(22)23/h2-9,17H,10-12H2,1H3,(H,22,23). The van der Waals surface area contributed by atoms with Gasteiger partial charge in [-0.3, -0.25) is 9.59 Å². The molecule has 3 rings (SSSR count). The zero-order chi connectivity index (χ0) is 17.1. The first-order valence-corrected chi connectivity index (χ1v) is 7.82. The molecule has 0 saturated heterocycles. The Labute approximate surface area is 140 Å². The van der Waals surface area contributed by atoms with Crippen LogP contribution in [0.25, 0.3) is 0 Å². The van der Waals surface area contributed by atoms with E-state index < -0.39 is 11.9 Å². The number of aliphatic carboxylic acids is 1. The predicted octanol–water partition coefficient (Wildman–Crippen LogP) is 2.58. The number of carbonyl (C=O) groups excluding carboxylic acids is 1. The van der Waals surface area contributed by atoms with Crippen LogP contribution < -0.4 is 4.74 Å². The van der Waals surface area contributed by atoms with Gasteiger partial charge in [0, 0.05) is 13.1 Å². The number of nitrogens with zero attached hydrogens (tertiary/aromatic N) is 1. The van der Waals surface area contributed by atoms with Gasteiger partial charge in [-0.1, -0.05) is 36.4 Å². The van der Waals surface area contributed by atoms with Gasteiger partial charge in [0.25, 0.3) is 5.91 Å². The van der Waals surface area contributed by atoms with E-state index in [1.165, 1.54) is 0 Å². The second-order valence-corrected chi connectivity index (χ2v) is 5.97. The Morgan fingerprint density at radius 2 is 2.00 bits per heavy atom. The van der Waals surface area contributed by atoms with E-state index in [2.05, 4.69) is 0 Å². The van der Waals surface area contributed by atoms with Gasteiger partial charge in [-0.15, -0.1) is 0 Å². The number of ether oxygens (including phenoxy) is 1. The molecule has 0 fully saturated rings. The zero-order valence-corrected chi connectivity index (χ0v) is 13.4. The lowest BCUT2D eigenvalue weighted by atomic mass is 9.90. The van der Waals surface area contributed by atoms with Crippen molar-refractivity contribution in [2.24, 2.45) is 0 Å². The van der Waals surface area contributed by atoms with Gasteiger partial charge in [-0.2, -0.15) is 0 Å². The molecule has 0 radical (unpaired) electrons. The summed E-state index contributed by atoms with van der Waals surface area (Å²) in [5.41, 5.74) is 2.71. The van der Waals surface area contributed by atoms with Gasteiger partial charge in [0.05, 0.1) is 5.92 Å². The third kappa shape index (κ3) is 3.40. The Bertz CT molecular complexity index is 771. The van der Waals surface area contributed by atoms with E-state index in [0.29, 0.717) is 12.3 Å². The molecule has 0 aliphatic carbocycles. The topological polar surface area (TPSA) is 66.8 Å². The summed E-state index contributed by atoms with van der Waals surface area (Å²) in [4.78, 5) is 25.5. The van der Waals surface area contributed by atoms with Crippen molar-refractivity contribution in [3.8, 4) is 5.75 Å². The molecule has 5 heteroatoms. The number of amides is 1. The first kappa shape index (κ1) is 16.1. The molecule has 1 amide bonds. The van der Waals surface area contributed by atoms with E-state index >= 15 is 0 Å². The largest absolute Gasteiger partial charge is 0.484 e. The molecule has 2 aromatic rings. The van der Waals surface area contributed by atoms with Crippen LogP contribution in [0.1, 0.15) is 22.6 Å². The van der Waals surface area contributed by atoms with Crippen molar-refractivity contribution >= 4 is 11.9 Å². The van der Waals surface area contributed by atoms with E-state index in [4.69, 9.17) is 4.74 Å². The van der Waals surface area contributed by atoms with Gasteiger partial charge in [0.1, 0.15) is 5.75 Å². The molecule has 1 aliphatic rings. The molecule has 1 unspecified atom stereocenters. The lowest BCUT2D eigenvalue weighted by Gasteiger charge is -2.32. The number of benzene rings is 2. The summed E-state index contributed by atoms with van der Waals surface area (Å²) in [6.07, 6.45) is 0. The monoisotopic (exact) mass is 325 g/mol. The Morgan fingerprint density at radius 3 is 2.75 bits per heavy atom. The normalized spacial score (nSPS) is 16.4. The minimum Gasteiger partial charge on any atom is -0.484 e. The number of fused-ring (bicyclic) bond motifs is 1. The van der Waals surface area contributed by atoms with Crippen LogP contribution >= 0.6 is 0 Å². The van der Waals surface area contributed by atoms with Crippen LogP contribution in [-0.4, -0.2) is 35.0 Å². The molecule has 0 spiro atoms. The molecule has 124 valence electrons. The minimum atomic E-state index is -0.917. The van der Waals surface area contributed by atoms with Crippen LogP contribution in [0.2, 0.25) is 0 Å². The highest BCUT2D eigenvalue weighted by molar-refractivity contribution is 5.82. The molecule has 0 bridgehead atoms. The summed E-state index contributed by atoms with van der Waals surface area (Å²) < 4.78 is 5.55. The Kier molecular flexibility index (Phi) is 4.51. The van der Waals surface area contributed by atoms with Crippen LogP contribution in [-0.2, 0) is 16.1 Å². The minimum absolute atomic E-state index is 0.0992. The summed E-state index contributed by atoms with van der Waals surface area (Å²) in [7, 11) is 0. The van der Waals surface area contributed by atoms with Gasteiger partial charge in [0.15, 0.2) is 6.61 Å². The van der Waals surface area contributed by atoms with Gasteiger partial charge < -0.3 is 14.7 Å². The van der Waals surface area contributed by atoms with E-state index in [1.807, 2.05) is 49.4 Å². The Balaban J connectivity index is 1.71. The van der Waals surface area contributed by atoms with Crippen molar-refractivity contribution in [3.63, 3.8) is 0 Å². The van der Waals surface area contributed by atoms with E-state index in [9.17, 15) is 14.7 Å². The van der Waals surface area contributed by atoms with E-state index in [1.54, 1.807) is 11.0 Å². The highest BCUT2D eigenvalue weighted by Crippen LogP contribution is 2.28. The molecular weight excluding hydrogens is 306 g/mol. The first-order chi connectivity index (χ1) is 11.5. The lowest BCUT2D eigenvalue weighted by molar-refractivity contribution is -0.142. The maximum Gasteiger partial charge on any atom is 0.312 e. The predicted molar refractivity (Wildman–Crippen MR) is 88.9 cm³/mol. The molecule has 24 heavy (non-hydrogen) atoms. The number of carbonyl (C=O) groups is 2. The molecular formula is C19H19NO4. The quantitative estimate of drug-likeness (QED) is 0.938. The van der Waals surface area contributed by atoms with Crippen molar-refractivity contribution in [2.75, 3.05) is 13.2 Å². The summed E-state index contributed by atoms with van der Waals surface area (Å²) in [6.45, 7) is 2.43. The smallest absolute Gasteiger partial charge is 0.312 e. The third-order valence-corrected chi connectivity index (χ3v) is 4.20. The van der Waals surface area contributed by atoms with Gasteiger partial charge in [0.2, 0.25) is 0 Å². The number of aryl methyl sites for hydroxylation is 1. The second kappa shape index (κ2) is 6.74. The van der Waals surface area contributed by atoms with Crippen molar-refractivity contribution in [1.29, 1.82) is 0 Å². The number of rotatable bonds is 4. The van der Waals surface area contributed by atoms with Gasteiger partial charge in [-0.25, -0.2) is 0 Å². The van der Waals surface area contributed by atoms with Gasteiger partial charge in [-0.05, 0) is 35.7 Å². The SMILES string of the molecule is Cc1cccc(OCC(=O)N2Cc3ccccc3C(C(=O)O)C2)c1. The van der Waals surface area contributed by atoms with Gasteiger partial charge >= 0.3 is 5.97 Å². The molecule has 1 aliphatic heterocycles. The fourth-order valence-electron chi connectivity index (χ4n) is 2.95. The Morgan fingerprint density at radius 1 is 1.21 bits per heavy atom. The number of hydrogen-bond acceptors (Lipinski definition) is 3. The summed E-state index contributed by atoms with van der Waals surface area (Å²) in [5, 5.41) is 9.45. The summed E-state index contributed by atoms with van der Waals surface area (Å²) in [6, 6.07) is 14.8. The number of carboxylic acid groups (broad SMARTS) is 1. The highest BCUT2D eigenvalue weighted by atomic mass is 16.5. The fraction of sp³-hybridized carbons (Fsp3) is 0.263. The van der Waals surface area contributed by atoms with Crippen molar-refractivity contribution < 1.29 is 19.4 Å². The highest BCUT2D eigenvalue weighted by Gasteiger charge is 2.32. The molecule has 5 nitrogen and oxygen atoms in total. The molecule has 1 N–H and O–H groups in total. The first-order valence-electron chi connectivity index (χ1n) is 7.82. The van der Waals surface area contributed by atoms with Crippen LogP contribution in [0.3, 0.4) is 0 Å². The van der Waals surface area contributed by atoms with E-state index in [-0.39, 0.29) is 19.1 Å². The van der Waals surface area contributed by atoms with Crippen molar-refractivity contribution in [1.82, 2.24) is 4.90 Å². The number of carboxylic acids is 1. The van der Waals surface area contributed by atoms with E-state index in [0.717, 1.165) is 16.7 Å².